The molecule has 9 heteroatoms. The quantitative estimate of drug-likeness (QED) is 0.506. The maximum atomic E-state index is 14.0. The molecule has 1 atom stereocenters. The maximum Gasteiger partial charge on any atom is 0.423 e. The number of hydrogen-bond donors (Lipinski definition) is 1. The molecule has 1 amide bonds. The lowest BCUT2D eigenvalue weighted by Gasteiger charge is -2.39. The minimum atomic E-state index is -5.11. The molecule has 1 aromatic rings. The van der Waals surface area contributed by atoms with E-state index >= 15 is 0 Å². The van der Waals surface area contributed by atoms with Crippen LogP contribution in [0, 0.1) is 0 Å². The molecule has 0 saturated heterocycles. The van der Waals surface area contributed by atoms with Crippen molar-refractivity contribution in [1.29, 1.82) is 0 Å². The summed E-state index contributed by atoms with van der Waals surface area (Å²) in [4.78, 5) is 12.4. The van der Waals surface area contributed by atoms with Gasteiger partial charge in [0, 0.05) is 12.0 Å². The van der Waals surface area contributed by atoms with Gasteiger partial charge in [-0.2, -0.15) is 13.2 Å². The average Bonchev–Trinajstić information content (AvgIpc) is 2.54. The van der Waals surface area contributed by atoms with E-state index in [0.29, 0.717) is 0 Å². The predicted molar refractivity (Wildman–Crippen MR) is 88.4 cm³/mol. The summed E-state index contributed by atoms with van der Waals surface area (Å²) >= 11 is 0. The zero-order valence-corrected chi connectivity index (χ0v) is 14.9. The summed E-state index contributed by atoms with van der Waals surface area (Å²) in [5.41, 5.74) is -0.0141. The van der Waals surface area contributed by atoms with Crippen LogP contribution >= 0.6 is 7.60 Å². The van der Waals surface area contributed by atoms with Crippen LogP contribution in [0.2, 0.25) is 0 Å². The topological polar surface area (TPSA) is 64.6 Å². The summed E-state index contributed by atoms with van der Waals surface area (Å²) in [5.74, 6) is -1.04. The molecule has 0 spiro atoms. The number of halogens is 3. The molecule has 1 aromatic carbocycles. The number of alkyl halides is 3. The van der Waals surface area contributed by atoms with Gasteiger partial charge in [-0.25, -0.2) is 0 Å². The fourth-order valence-electron chi connectivity index (χ4n) is 2.23. The van der Waals surface area contributed by atoms with E-state index < -0.39 is 31.4 Å². The van der Waals surface area contributed by atoms with E-state index in [9.17, 15) is 22.5 Å². The Balaban J connectivity index is 3.47. The summed E-state index contributed by atoms with van der Waals surface area (Å²) in [6.07, 6.45) is -5.05. The van der Waals surface area contributed by atoms with Gasteiger partial charge in [0.05, 0.1) is 13.2 Å². The van der Waals surface area contributed by atoms with Gasteiger partial charge in [0.1, 0.15) is 0 Å². The smallest absolute Gasteiger partial charge is 0.328 e. The minimum absolute atomic E-state index is 0.0141. The molecule has 0 aliphatic rings. The van der Waals surface area contributed by atoms with Crippen LogP contribution in [0.3, 0.4) is 0 Å². The molecule has 0 fully saturated rings. The van der Waals surface area contributed by atoms with Crippen molar-refractivity contribution in [2.45, 2.75) is 31.7 Å². The molecular formula is C16H21F3NO4P. The van der Waals surface area contributed by atoms with Crippen LogP contribution in [-0.2, 0) is 13.6 Å². The van der Waals surface area contributed by atoms with Crippen LogP contribution in [0.4, 0.5) is 13.2 Å². The number of benzene rings is 1. The molecule has 0 aromatic heterocycles. The Hall–Kier alpha value is -1.63. The van der Waals surface area contributed by atoms with E-state index in [0.717, 1.165) is 6.08 Å². The van der Waals surface area contributed by atoms with Crippen molar-refractivity contribution < 1.29 is 31.6 Å². The van der Waals surface area contributed by atoms with E-state index in [1.165, 1.54) is 38.1 Å². The van der Waals surface area contributed by atoms with Crippen LogP contribution in [0.5, 0.6) is 0 Å². The molecular weight excluding hydrogens is 358 g/mol. The first kappa shape index (κ1) is 21.4. The summed E-state index contributed by atoms with van der Waals surface area (Å²) in [7, 11) is -4.80. The Morgan fingerprint density at radius 2 is 1.72 bits per heavy atom. The Labute approximate surface area is 144 Å². The lowest BCUT2D eigenvalue weighted by Crippen LogP contribution is -2.58. The summed E-state index contributed by atoms with van der Waals surface area (Å²) < 4.78 is 64.8. The van der Waals surface area contributed by atoms with Crippen LogP contribution in [0.25, 0.3) is 0 Å². The largest absolute Gasteiger partial charge is 0.423 e. The lowest BCUT2D eigenvalue weighted by molar-refractivity contribution is -0.173. The molecule has 5 nitrogen and oxygen atoms in total. The molecule has 25 heavy (non-hydrogen) atoms. The second-order valence-corrected chi connectivity index (χ2v) is 7.28. The van der Waals surface area contributed by atoms with E-state index in [1.807, 2.05) is 5.32 Å². The molecule has 0 heterocycles. The molecule has 1 N–H and O–H groups in total. The van der Waals surface area contributed by atoms with Crippen molar-refractivity contribution in [3.8, 4) is 0 Å². The number of hydrogen-bond acceptors (Lipinski definition) is 4. The van der Waals surface area contributed by atoms with Gasteiger partial charge in [0.15, 0.2) is 0 Å². The Morgan fingerprint density at radius 3 is 2.12 bits per heavy atom. The minimum Gasteiger partial charge on any atom is -0.328 e. The molecule has 1 rings (SSSR count). The van der Waals surface area contributed by atoms with Crippen LogP contribution in [0.15, 0.2) is 43.0 Å². The highest BCUT2D eigenvalue weighted by molar-refractivity contribution is 7.55. The fraction of sp³-hybridized carbons (Fsp3) is 0.438. The molecule has 140 valence electrons. The van der Waals surface area contributed by atoms with Crippen molar-refractivity contribution in [2.75, 3.05) is 13.2 Å². The van der Waals surface area contributed by atoms with Crippen molar-refractivity contribution >= 4 is 13.5 Å². The monoisotopic (exact) mass is 379 g/mol. The van der Waals surface area contributed by atoms with Gasteiger partial charge >= 0.3 is 13.8 Å². The predicted octanol–water partition coefficient (Wildman–Crippen LogP) is 4.52. The molecule has 0 radical (unpaired) electrons. The summed E-state index contributed by atoms with van der Waals surface area (Å²) in [6.45, 7) is 5.50. The van der Waals surface area contributed by atoms with Crippen molar-refractivity contribution in [3.05, 3.63) is 48.6 Å². The Morgan fingerprint density at radius 1 is 1.20 bits per heavy atom. The van der Waals surface area contributed by atoms with Crippen LogP contribution in [0.1, 0.15) is 30.6 Å². The van der Waals surface area contributed by atoms with E-state index in [-0.39, 0.29) is 18.8 Å². The average molecular weight is 379 g/mol. The molecule has 0 aliphatic heterocycles. The number of carbonyl (C=O) groups is 1. The standard InChI is InChI=1S/C16H21F3NO4P/c1-4-12-15(16(17,18)19,25(22,23-5-2)24-6-3)20-14(21)13-10-8-7-9-11-13/h4,7-11H,1,5-6,12H2,2-3H3,(H,20,21). The highest BCUT2D eigenvalue weighted by Crippen LogP contribution is 2.65. The third kappa shape index (κ3) is 4.51. The van der Waals surface area contributed by atoms with Crippen molar-refractivity contribution in [1.82, 2.24) is 5.32 Å². The molecule has 0 saturated carbocycles. The zero-order valence-electron chi connectivity index (χ0n) is 14.0. The van der Waals surface area contributed by atoms with Gasteiger partial charge in [-0.3, -0.25) is 9.36 Å². The van der Waals surface area contributed by atoms with Gasteiger partial charge in [0.2, 0.25) is 5.28 Å². The second-order valence-electron chi connectivity index (χ2n) is 5.00. The summed E-state index contributed by atoms with van der Waals surface area (Å²) in [5, 5.41) is -1.39. The maximum absolute atomic E-state index is 14.0. The summed E-state index contributed by atoms with van der Waals surface area (Å²) in [6, 6.07) is 7.31. The van der Waals surface area contributed by atoms with Gasteiger partial charge in [0.25, 0.3) is 5.91 Å². The third-order valence-corrected chi connectivity index (χ3v) is 6.01. The van der Waals surface area contributed by atoms with Crippen molar-refractivity contribution in [2.24, 2.45) is 0 Å². The highest BCUT2D eigenvalue weighted by Gasteiger charge is 2.68. The third-order valence-electron chi connectivity index (χ3n) is 3.33. The second kappa shape index (κ2) is 8.65. The normalized spacial score (nSPS) is 14.6. The first-order valence-corrected chi connectivity index (χ1v) is 9.16. The number of rotatable bonds is 9. The van der Waals surface area contributed by atoms with E-state index in [1.54, 1.807) is 6.07 Å². The van der Waals surface area contributed by atoms with E-state index in [4.69, 9.17) is 9.05 Å². The van der Waals surface area contributed by atoms with Crippen LogP contribution in [-0.4, -0.2) is 30.6 Å². The van der Waals surface area contributed by atoms with Crippen LogP contribution < -0.4 is 5.32 Å². The van der Waals surface area contributed by atoms with E-state index in [2.05, 4.69) is 6.58 Å². The Kier molecular flexibility index (Phi) is 7.41. The van der Waals surface area contributed by atoms with Gasteiger partial charge < -0.3 is 14.4 Å². The highest BCUT2D eigenvalue weighted by atomic mass is 31.2. The zero-order chi connectivity index (χ0) is 19.1. The SMILES string of the molecule is C=CCC(NC(=O)c1ccccc1)(C(F)(F)F)P(=O)(OCC)OCC. The number of amides is 1. The van der Waals surface area contributed by atoms with Gasteiger partial charge in [-0.1, -0.05) is 24.3 Å². The first-order chi connectivity index (χ1) is 11.7. The number of carbonyl (C=O) groups excluding carboxylic acids is 1. The van der Waals surface area contributed by atoms with Gasteiger partial charge in [-0.15, -0.1) is 6.58 Å². The molecule has 0 aliphatic carbocycles. The first-order valence-electron chi connectivity index (χ1n) is 7.61. The van der Waals surface area contributed by atoms with Gasteiger partial charge in [-0.05, 0) is 26.0 Å². The Bertz CT molecular complexity index is 626. The lowest BCUT2D eigenvalue weighted by atomic mass is 10.1. The van der Waals surface area contributed by atoms with Crippen molar-refractivity contribution in [3.63, 3.8) is 0 Å². The molecule has 0 bridgehead atoms. The number of nitrogens with one attached hydrogen (secondary N) is 1. The molecule has 1 unspecified atom stereocenters. The fourth-order valence-corrected chi connectivity index (χ4v) is 4.33.